The highest BCUT2D eigenvalue weighted by Crippen LogP contribution is 2.29. The van der Waals surface area contributed by atoms with E-state index in [0.717, 1.165) is 0 Å². The number of rotatable bonds is 1. The minimum absolute atomic E-state index is 0.0536. The highest BCUT2D eigenvalue weighted by molar-refractivity contribution is 6.32. The maximum absolute atomic E-state index is 14.3. The summed E-state index contributed by atoms with van der Waals surface area (Å²) < 4.78 is 14.3. The van der Waals surface area contributed by atoms with Gasteiger partial charge in [0.05, 0.1) is 11.4 Å². The number of benzodiazepines with no additional fused rings is 1. The lowest BCUT2D eigenvalue weighted by atomic mass is 9.99. The van der Waals surface area contributed by atoms with Crippen LogP contribution >= 0.6 is 11.6 Å². The van der Waals surface area contributed by atoms with Crippen molar-refractivity contribution in [1.82, 2.24) is 0 Å². The summed E-state index contributed by atoms with van der Waals surface area (Å²) in [6, 6.07) is 9.49. The van der Waals surface area contributed by atoms with Crippen LogP contribution in [0.4, 0.5) is 15.8 Å². The van der Waals surface area contributed by atoms with Gasteiger partial charge >= 0.3 is 0 Å². The number of hydrogen-bond donors (Lipinski definition) is 1. The Morgan fingerprint density at radius 3 is 2.73 bits per heavy atom. The molecule has 1 aliphatic rings. The number of carbonyl (C=O) groups is 1. The number of hydrogen-bond acceptors (Lipinski definition) is 3. The predicted molar refractivity (Wildman–Crippen MR) is 86.2 cm³/mol. The monoisotopic (exact) mass is 317 g/mol. The zero-order chi connectivity index (χ0) is 15.9. The van der Waals surface area contributed by atoms with Gasteiger partial charge in [0.1, 0.15) is 12.4 Å². The Hall–Kier alpha value is -2.40. The molecule has 0 aromatic heterocycles. The molecule has 0 saturated carbocycles. The lowest BCUT2D eigenvalue weighted by Gasteiger charge is -2.18. The number of likely N-dealkylation sites (N-methyl/N-ethyl adjacent to an activating group) is 1. The number of nitrogen functional groups attached to an aromatic ring is 1. The van der Waals surface area contributed by atoms with E-state index in [2.05, 4.69) is 4.99 Å². The Balaban J connectivity index is 2.25. The second-order valence-electron chi connectivity index (χ2n) is 5.02. The van der Waals surface area contributed by atoms with Gasteiger partial charge in [-0.05, 0) is 36.4 Å². The smallest absolute Gasteiger partial charge is 0.248 e. The summed E-state index contributed by atoms with van der Waals surface area (Å²) >= 11 is 6.06. The SMILES string of the molecule is CN1C(=O)CN=C(c2ccc(N)cc2F)c2cc(Cl)ccc21. The molecule has 0 spiro atoms. The maximum Gasteiger partial charge on any atom is 0.248 e. The van der Waals surface area contributed by atoms with Crippen molar-refractivity contribution in [2.24, 2.45) is 4.99 Å². The summed E-state index contributed by atoms with van der Waals surface area (Å²) in [5.74, 6) is -0.656. The molecule has 1 aliphatic heterocycles. The fourth-order valence-electron chi connectivity index (χ4n) is 2.42. The van der Waals surface area contributed by atoms with E-state index in [1.54, 1.807) is 37.4 Å². The Kier molecular flexibility index (Phi) is 3.58. The van der Waals surface area contributed by atoms with Gasteiger partial charge in [0, 0.05) is 28.9 Å². The zero-order valence-corrected chi connectivity index (χ0v) is 12.6. The van der Waals surface area contributed by atoms with Crippen LogP contribution in [0.5, 0.6) is 0 Å². The van der Waals surface area contributed by atoms with Crippen LogP contribution in [0, 0.1) is 5.82 Å². The molecule has 0 radical (unpaired) electrons. The van der Waals surface area contributed by atoms with Gasteiger partial charge in [0.15, 0.2) is 0 Å². The number of amides is 1. The Morgan fingerprint density at radius 1 is 1.23 bits per heavy atom. The van der Waals surface area contributed by atoms with Crippen molar-refractivity contribution in [2.45, 2.75) is 0 Å². The van der Waals surface area contributed by atoms with Crippen LogP contribution in [-0.4, -0.2) is 25.2 Å². The second kappa shape index (κ2) is 5.42. The quantitative estimate of drug-likeness (QED) is 0.822. The third-order valence-electron chi connectivity index (χ3n) is 3.57. The van der Waals surface area contributed by atoms with Gasteiger partial charge < -0.3 is 10.6 Å². The molecular formula is C16H13ClFN3O. The summed E-state index contributed by atoms with van der Waals surface area (Å²) in [7, 11) is 1.66. The van der Waals surface area contributed by atoms with Crippen LogP contribution in [0.15, 0.2) is 41.4 Å². The predicted octanol–water partition coefficient (Wildman–Crippen LogP) is 2.88. The van der Waals surface area contributed by atoms with Crippen LogP contribution in [0.3, 0.4) is 0 Å². The first kappa shape index (κ1) is 14.5. The minimum atomic E-state index is -0.485. The number of benzene rings is 2. The third-order valence-corrected chi connectivity index (χ3v) is 3.80. The first-order chi connectivity index (χ1) is 10.5. The molecule has 0 saturated heterocycles. The molecule has 112 valence electrons. The Labute approximate surface area is 132 Å². The zero-order valence-electron chi connectivity index (χ0n) is 11.8. The highest BCUT2D eigenvalue weighted by atomic mass is 35.5. The normalized spacial score (nSPS) is 14.4. The number of halogens is 2. The van der Waals surface area contributed by atoms with Gasteiger partial charge in [0.2, 0.25) is 5.91 Å². The van der Waals surface area contributed by atoms with Crippen LogP contribution in [-0.2, 0) is 4.79 Å². The molecule has 3 rings (SSSR count). The van der Waals surface area contributed by atoms with Crippen molar-refractivity contribution < 1.29 is 9.18 Å². The lowest BCUT2D eigenvalue weighted by Crippen LogP contribution is -2.27. The average molecular weight is 318 g/mol. The number of nitrogens with zero attached hydrogens (tertiary/aromatic N) is 2. The first-order valence-corrected chi connectivity index (χ1v) is 7.01. The minimum Gasteiger partial charge on any atom is -0.399 e. The van der Waals surface area contributed by atoms with Crippen LogP contribution in [0.1, 0.15) is 11.1 Å². The molecule has 6 heteroatoms. The second-order valence-corrected chi connectivity index (χ2v) is 5.45. The van der Waals surface area contributed by atoms with E-state index < -0.39 is 5.82 Å². The van der Waals surface area contributed by atoms with E-state index in [-0.39, 0.29) is 12.5 Å². The third kappa shape index (κ3) is 2.44. The van der Waals surface area contributed by atoms with Gasteiger partial charge in [-0.15, -0.1) is 0 Å². The van der Waals surface area contributed by atoms with Crippen molar-refractivity contribution in [1.29, 1.82) is 0 Å². The summed E-state index contributed by atoms with van der Waals surface area (Å²) in [6.45, 7) is -0.0536. The van der Waals surface area contributed by atoms with Crippen molar-refractivity contribution >= 4 is 34.6 Å². The average Bonchev–Trinajstić information content (AvgIpc) is 2.58. The highest BCUT2D eigenvalue weighted by Gasteiger charge is 2.24. The van der Waals surface area contributed by atoms with Crippen molar-refractivity contribution in [3.8, 4) is 0 Å². The summed E-state index contributed by atoms with van der Waals surface area (Å²) in [5, 5.41) is 0.491. The molecule has 0 unspecified atom stereocenters. The van der Waals surface area contributed by atoms with E-state index in [4.69, 9.17) is 17.3 Å². The fourth-order valence-corrected chi connectivity index (χ4v) is 2.59. The molecule has 4 nitrogen and oxygen atoms in total. The largest absolute Gasteiger partial charge is 0.399 e. The van der Waals surface area contributed by atoms with E-state index in [1.807, 2.05) is 0 Å². The summed E-state index contributed by atoms with van der Waals surface area (Å²) in [6.07, 6.45) is 0. The number of nitrogens with two attached hydrogens (primary N) is 1. The molecule has 2 aromatic carbocycles. The number of aliphatic imine (C=N–C) groups is 1. The lowest BCUT2D eigenvalue weighted by molar-refractivity contribution is -0.116. The van der Waals surface area contributed by atoms with Gasteiger partial charge in [-0.3, -0.25) is 9.79 Å². The molecule has 2 aromatic rings. The van der Waals surface area contributed by atoms with Crippen LogP contribution in [0.25, 0.3) is 0 Å². The van der Waals surface area contributed by atoms with Gasteiger partial charge in [-0.2, -0.15) is 0 Å². The van der Waals surface area contributed by atoms with E-state index in [9.17, 15) is 9.18 Å². The number of fused-ring (bicyclic) bond motifs is 1. The van der Waals surface area contributed by atoms with Crippen molar-refractivity contribution in [3.05, 3.63) is 58.4 Å². The standard InChI is InChI=1S/C16H13ClFN3O/c1-21-14-5-2-9(17)6-12(14)16(20-8-15(21)22)11-4-3-10(19)7-13(11)18/h2-7H,8,19H2,1H3. The molecule has 1 amide bonds. The summed E-state index contributed by atoms with van der Waals surface area (Å²) in [5.41, 5.74) is 7.86. The molecule has 22 heavy (non-hydrogen) atoms. The fraction of sp³-hybridized carbons (Fsp3) is 0.125. The maximum atomic E-state index is 14.3. The van der Waals surface area contributed by atoms with Gasteiger partial charge in [-0.25, -0.2) is 4.39 Å². The molecule has 0 fully saturated rings. The molecule has 2 N–H and O–H groups in total. The van der Waals surface area contributed by atoms with Crippen molar-refractivity contribution in [3.63, 3.8) is 0 Å². The van der Waals surface area contributed by atoms with Crippen LogP contribution < -0.4 is 10.6 Å². The van der Waals surface area contributed by atoms with Gasteiger partial charge in [-0.1, -0.05) is 11.6 Å². The number of anilines is 2. The van der Waals surface area contributed by atoms with E-state index in [0.29, 0.717) is 33.2 Å². The van der Waals surface area contributed by atoms with Gasteiger partial charge in [0.25, 0.3) is 0 Å². The van der Waals surface area contributed by atoms with E-state index >= 15 is 0 Å². The van der Waals surface area contributed by atoms with E-state index in [1.165, 1.54) is 11.0 Å². The van der Waals surface area contributed by atoms with Crippen LogP contribution in [0.2, 0.25) is 5.02 Å². The van der Waals surface area contributed by atoms with Crippen molar-refractivity contribution in [2.75, 3.05) is 24.2 Å². The Bertz CT molecular complexity index is 804. The summed E-state index contributed by atoms with van der Waals surface area (Å²) in [4.78, 5) is 17.8. The topological polar surface area (TPSA) is 58.7 Å². The number of carbonyl (C=O) groups excluding carboxylic acids is 1. The molecule has 0 bridgehead atoms. The molecule has 1 heterocycles. The Morgan fingerprint density at radius 2 is 2.00 bits per heavy atom. The molecule has 0 aliphatic carbocycles. The molecular weight excluding hydrogens is 305 g/mol. The molecule has 0 atom stereocenters. The first-order valence-electron chi connectivity index (χ1n) is 6.63.